The number of carbonyl (C=O) groups is 1. The van der Waals surface area contributed by atoms with Crippen molar-refractivity contribution in [3.8, 4) is 0 Å². The Morgan fingerprint density at radius 2 is 2.00 bits per heavy atom. The number of fused-ring (bicyclic) bond motifs is 1. The van der Waals surface area contributed by atoms with Crippen LogP contribution in [-0.2, 0) is 24.1 Å². The molecule has 1 aliphatic carbocycles. The number of rotatable bonds is 4. The fourth-order valence-electron chi connectivity index (χ4n) is 3.28. The van der Waals surface area contributed by atoms with Crippen LogP contribution in [0.25, 0.3) is 0 Å². The van der Waals surface area contributed by atoms with Gasteiger partial charge in [-0.1, -0.05) is 0 Å². The Kier molecular flexibility index (Phi) is 5.31. The Morgan fingerprint density at radius 1 is 1.26 bits per heavy atom. The molecule has 0 spiro atoms. The quantitative estimate of drug-likeness (QED) is 0.800. The second kappa shape index (κ2) is 7.37. The maximum atomic E-state index is 13.3. The highest BCUT2D eigenvalue weighted by molar-refractivity contribution is 5.76. The minimum absolute atomic E-state index is 0.0432. The Bertz CT molecular complexity index is 785. The maximum absolute atomic E-state index is 13.3. The molecule has 0 fully saturated rings. The fraction of sp³-hybridized carbons (Fsp3) is 0.562. The lowest BCUT2D eigenvalue weighted by Crippen LogP contribution is -2.41. The molecule has 1 aliphatic heterocycles. The van der Waals surface area contributed by atoms with E-state index in [0.29, 0.717) is 12.8 Å². The summed E-state index contributed by atoms with van der Waals surface area (Å²) < 4.78 is 65.7. The topological polar surface area (TPSA) is 77.0 Å². The van der Waals surface area contributed by atoms with Crippen LogP contribution in [-0.4, -0.2) is 38.2 Å². The Hall–Kier alpha value is -2.30. The summed E-state index contributed by atoms with van der Waals surface area (Å²) in [6, 6.07) is -0.577. The van der Waals surface area contributed by atoms with Crippen LogP contribution < -0.4 is 5.73 Å². The Balaban J connectivity index is 1.56. The number of hydrogen-bond acceptors (Lipinski definition) is 4. The minimum atomic E-state index is -4.60. The van der Waals surface area contributed by atoms with Gasteiger partial charge in [0.05, 0.1) is 6.54 Å². The minimum Gasteiger partial charge on any atom is -0.333 e. The average Bonchev–Trinajstić information content (AvgIpc) is 3.01. The molecule has 148 valence electrons. The first-order chi connectivity index (χ1) is 12.6. The molecule has 0 bridgehead atoms. The van der Waals surface area contributed by atoms with Gasteiger partial charge in [-0.15, -0.1) is 10.2 Å². The Labute approximate surface area is 151 Å². The molecular formula is C16H18F5N5O. The van der Waals surface area contributed by atoms with Gasteiger partial charge in [0, 0.05) is 25.6 Å². The van der Waals surface area contributed by atoms with Crippen LogP contribution in [0.1, 0.15) is 30.9 Å². The number of halogens is 5. The van der Waals surface area contributed by atoms with E-state index in [4.69, 9.17) is 5.73 Å². The number of aromatic nitrogens is 3. The third-order valence-corrected chi connectivity index (χ3v) is 4.61. The molecule has 6 nitrogen and oxygen atoms in total. The standard InChI is InChI=1S/C16H18F5N5O/c17-11-2-1-9(6-12(11)18)5-10(22)7-14(27)25-3-4-26-13(8-25)23-24-15(26)16(19,20)21/h2,6,9-10H,1,3-5,7-8,22H2/t9?,10-/m1/s1. The van der Waals surface area contributed by atoms with E-state index >= 15 is 0 Å². The van der Waals surface area contributed by atoms with Gasteiger partial charge in [-0.3, -0.25) is 4.79 Å². The van der Waals surface area contributed by atoms with E-state index in [1.807, 2.05) is 0 Å². The molecule has 0 saturated carbocycles. The highest BCUT2D eigenvalue weighted by atomic mass is 19.4. The molecule has 1 aromatic heterocycles. The van der Waals surface area contributed by atoms with Crippen molar-refractivity contribution in [2.24, 2.45) is 11.7 Å². The predicted octanol–water partition coefficient (Wildman–Crippen LogP) is 2.47. The zero-order chi connectivity index (χ0) is 19.8. The van der Waals surface area contributed by atoms with Crippen LogP contribution in [0.5, 0.6) is 0 Å². The lowest BCUT2D eigenvalue weighted by atomic mass is 9.91. The van der Waals surface area contributed by atoms with E-state index in [2.05, 4.69) is 10.2 Å². The monoisotopic (exact) mass is 391 g/mol. The number of hydrogen-bond donors (Lipinski definition) is 1. The first kappa shape index (κ1) is 19.5. The number of nitrogens with zero attached hydrogens (tertiary/aromatic N) is 4. The fourth-order valence-corrected chi connectivity index (χ4v) is 3.28. The first-order valence-electron chi connectivity index (χ1n) is 8.41. The maximum Gasteiger partial charge on any atom is 0.451 e. The zero-order valence-corrected chi connectivity index (χ0v) is 14.2. The van der Waals surface area contributed by atoms with E-state index in [9.17, 15) is 26.7 Å². The molecule has 2 N–H and O–H groups in total. The summed E-state index contributed by atoms with van der Waals surface area (Å²) in [6.45, 7) is -0.0507. The van der Waals surface area contributed by atoms with Crippen molar-refractivity contribution in [2.75, 3.05) is 6.54 Å². The summed E-state index contributed by atoms with van der Waals surface area (Å²) in [7, 11) is 0. The molecule has 0 saturated heterocycles. The number of allylic oxidation sites excluding steroid dienone is 4. The second-order valence-electron chi connectivity index (χ2n) is 6.67. The molecule has 2 atom stereocenters. The average molecular weight is 391 g/mol. The molecular weight excluding hydrogens is 373 g/mol. The van der Waals surface area contributed by atoms with Crippen molar-refractivity contribution in [2.45, 2.75) is 44.6 Å². The molecule has 11 heteroatoms. The lowest BCUT2D eigenvalue weighted by Gasteiger charge is -2.29. The van der Waals surface area contributed by atoms with Crippen molar-refractivity contribution in [1.82, 2.24) is 19.7 Å². The molecule has 1 aromatic rings. The van der Waals surface area contributed by atoms with Crippen LogP contribution in [0.15, 0.2) is 23.8 Å². The van der Waals surface area contributed by atoms with Gasteiger partial charge in [-0.05, 0) is 30.9 Å². The first-order valence-corrected chi connectivity index (χ1v) is 8.41. The van der Waals surface area contributed by atoms with Crippen LogP contribution in [0.2, 0.25) is 0 Å². The van der Waals surface area contributed by atoms with Crippen LogP contribution in [0.4, 0.5) is 22.0 Å². The van der Waals surface area contributed by atoms with Gasteiger partial charge in [0.2, 0.25) is 11.7 Å². The molecule has 3 rings (SSSR count). The third-order valence-electron chi connectivity index (χ3n) is 4.61. The van der Waals surface area contributed by atoms with Crippen molar-refractivity contribution < 1.29 is 26.7 Å². The van der Waals surface area contributed by atoms with E-state index in [1.165, 1.54) is 4.90 Å². The van der Waals surface area contributed by atoms with Gasteiger partial charge in [0.15, 0.2) is 17.5 Å². The normalized spacial score (nSPS) is 21.4. The molecule has 1 unspecified atom stereocenters. The predicted molar refractivity (Wildman–Crippen MR) is 84.1 cm³/mol. The smallest absolute Gasteiger partial charge is 0.333 e. The zero-order valence-electron chi connectivity index (χ0n) is 14.2. The molecule has 2 aliphatic rings. The summed E-state index contributed by atoms with van der Waals surface area (Å²) in [5.41, 5.74) is 5.95. The SMILES string of the molecule is N[C@@H](CC(=O)N1CCn2c(nnc2C(F)(F)F)C1)CC1C=C(F)C(F)=CC1. The highest BCUT2D eigenvalue weighted by Gasteiger charge is 2.40. The highest BCUT2D eigenvalue weighted by Crippen LogP contribution is 2.30. The summed E-state index contributed by atoms with van der Waals surface area (Å²) in [6.07, 6.45) is -1.75. The summed E-state index contributed by atoms with van der Waals surface area (Å²) >= 11 is 0. The molecule has 0 radical (unpaired) electrons. The van der Waals surface area contributed by atoms with Gasteiger partial charge < -0.3 is 15.2 Å². The lowest BCUT2D eigenvalue weighted by molar-refractivity contribution is -0.148. The van der Waals surface area contributed by atoms with Crippen LogP contribution in [0.3, 0.4) is 0 Å². The van der Waals surface area contributed by atoms with Crippen molar-refractivity contribution in [3.63, 3.8) is 0 Å². The largest absolute Gasteiger partial charge is 0.451 e. The number of alkyl halides is 3. The van der Waals surface area contributed by atoms with Crippen LogP contribution in [0, 0.1) is 5.92 Å². The number of nitrogens with two attached hydrogens (primary N) is 1. The van der Waals surface area contributed by atoms with E-state index in [0.717, 1.165) is 16.7 Å². The Morgan fingerprint density at radius 3 is 2.67 bits per heavy atom. The van der Waals surface area contributed by atoms with Gasteiger partial charge >= 0.3 is 6.18 Å². The van der Waals surface area contributed by atoms with Gasteiger partial charge in [0.25, 0.3) is 0 Å². The van der Waals surface area contributed by atoms with Crippen molar-refractivity contribution in [1.29, 1.82) is 0 Å². The van der Waals surface area contributed by atoms with Gasteiger partial charge in [0.1, 0.15) is 0 Å². The summed E-state index contributed by atoms with van der Waals surface area (Å²) in [5.74, 6) is -3.47. The van der Waals surface area contributed by atoms with Crippen molar-refractivity contribution >= 4 is 5.91 Å². The van der Waals surface area contributed by atoms with Crippen LogP contribution >= 0.6 is 0 Å². The summed E-state index contributed by atoms with van der Waals surface area (Å²) in [4.78, 5) is 13.8. The molecule has 1 amide bonds. The summed E-state index contributed by atoms with van der Waals surface area (Å²) in [5, 5.41) is 6.68. The second-order valence-corrected chi connectivity index (χ2v) is 6.67. The molecule has 0 aromatic carbocycles. The molecule has 2 heterocycles. The van der Waals surface area contributed by atoms with Crippen molar-refractivity contribution in [3.05, 3.63) is 35.5 Å². The van der Waals surface area contributed by atoms with Gasteiger partial charge in [-0.2, -0.15) is 13.2 Å². The molecule has 27 heavy (non-hydrogen) atoms. The van der Waals surface area contributed by atoms with Gasteiger partial charge in [-0.25, -0.2) is 8.78 Å². The number of amides is 1. The van der Waals surface area contributed by atoms with E-state index in [1.54, 1.807) is 0 Å². The van der Waals surface area contributed by atoms with E-state index < -0.39 is 29.7 Å². The third kappa shape index (κ3) is 4.34. The van der Waals surface area contributed by atoms with E-state index in [-0.39, 0.29) is 43.7 Å². The number of carbonyl (C=O) groups excluding carboxylic acids is 1.